The van der Waals surface area contributed by atoms with Crippen LogP contribution in [0.2, 0.25) is 0 Å². The van der Waals surface area contributed by atoms with E-state index >= 15 is 0 Å². The molecule has 0 fully saturated rings. The summed E-state index contributed by atoms with van der Waals surface area (Å²) in [6.07, 6.45) is 1.82. The van der Waals surface area contributed by atoms with Crippen molar-refractivity contribution >= 4 is 28.1 Å². The number of aromatic nitrogens is 1. The second-order valence-electron chi connectivity index (χ2n) is 3.30. The highest BCUT2D eigenvalue weighted by atomic mass is 32.2. The molecule has 0 bridgehead atoms. The fourth-order valence-corrected chi connectivity index (χ4v) is 3.03. The van der Waals surface area contributed by atoms with Crippen LogP contribution in [0, 0.1) is 5.82 Å². The van der Waals surface area contributed by atoms with Gasteiger partial charge in [0.2, 0.25) is 0 Å². The molecule has 17 heavy (non-hydrogen) atoms. The van der Waals surface area contributed by atoms with Crippen LogP contribution in [0.4, 0.5) is 9.39 Å². The molecule has 2 nitrogen and oxygen atoms in total. The standard InChI is InChI=1S/C12H11FN2S2/c1-2-7-16-12-15-10(11(14)17-12)8-3-5-9(13)6-4-8/h2-6H,1,7,14H2. The number of rotatable bonds is 4. The fourth-order valence-electron chi connectivity index (χ4n) is 1.32. The van der Waals surface area contributed by atoms with Crippen LogP contribution in [0.15, 0.2) is 41.3 Å². The van der Waals surface area contributed by atoms with Crippen molar-refractivity contribution in [2.45, 2.75) is 4.34 Å². The summed E-state index contributed by atoms with van der Waals surface area (Å²) < 4.78 is 13.7. The molecule has 0 amide bonds. The summed E-state index contributed by atoms with van der Waals surface area (Å²) in [5.74, 6) is 0.541. The van der Waals surface area contributed by atoms with Gasteiger partial charge in [0.25, 0.3) is 0 Å². The van der Waals surface area contributed by atoms with Gasteiger partial charge in [-0.15, -0.1) is 6.58 Å². The molecule has 0 radical (unpaired) electrons. The molecule has 0 aliphatic heterocycles. The third-order valence-corrected chi connectivity index (χ3v) is 4.10. The van der Waals surface area contributed by atoms with Crippen molar-refractivity contribution in [3.05, 3.63) is 42.7 Å². The van der Waals surface area contributed by atoms with Gasteiger partial charge in [-0.25, -0.2) is 9.37 Å². The topological polar surface area (TPSA) is 38.9 Å². The van der Waals surface area contributed by atoms with E-state index in [1.807, 2.05) is 6.08 Å². The zero-order chi connectivity index (χ0) is 12.3. The highest BCUT2D eigenvalue weighted by Crippen LogP contribution is 2.35. The van der Waals surface area contributed by atoms with Gasteiger partial charge < -0.3 is 5.73 Å². The van der Waals surface area contributed by atoms with E-state index in [0.717, 1.165) is 21.3 Å². The van der Waals surface area contributed by atoms with Gasteiger partial charge in [-0.1, -0.05) is 29.2 Å². The van der Waals surface area contributed by atoms with Gasteiger partial charge in [0.05, 0.1) is 0 Å². The van der Waals surface area contributed by atoms with E-state index < -0.39 is 0 Å². The van der Waals surface area contributed by atoms with Crippen LogP contribution < -0.4 is 5.73 Å². The number of hydrogen-bond donors (Lipinski definition) is 1. The zero-order valence-corrected chi connectivity index (χ0v) is 10.7. The van der Waals surface area contributed by atoms with Crippen LogP contribution >= 0.6 is 23.1 Å². The lowest BCUT2D eigenvalue weighted by molar-refractivity contribution is 0.628. The van der Waals surface area contributed by atoms with E-state index in [4.69, 9.17) is 5.73 Å². The molecule has 2 N–H and O–H groups in total. The first-order valence-electron chi connectivity index (χ1n) is 4.96. The normalized spacial score (nSPS) is 10.4. The molecule has 88 valence electrons. The van der Waals surface area contributed by atoms with Crippen molar-refractivity contribution in [1.29, 1.82) is 0 Å². The predicted octanol–water partition coefficient (Wildman–Crippen LogP) is 3.81. The molecule has 2 aromatic rings. The van der Waals surface area contributed by atoms with Gasteiger partial charge in [0.1, 0.15) is 16.5 Å². The number of halogens is 1. The molecule has 0 spiro atoms. The smallest absolute Gasteiger partial charge is 0.152 e. The van der Waals surface area contributed by atoms with Crippen LogP contribution in [0.1, 0.15) is 0 Å². The van der Waals surface area contributed by atoms with E-state index in [1.165, 1.54) is 23.5 Å². The monoisotopic (exact) mass is 266 g/mol. The zero-order valence-electron chi connectivity index (χ0n) is 9.02. The number of nitrogen functional groups attached to an aromatic ring is 1. The number of anilines is 1. The Hall–Kier alpha value is -1.33. The van der Waals surface area contributed by atoms with Crippen LogP contribution in [0.25, 0.3) is 11.3 Å². The van der Waals surface area contributed by atoms with Crippen molar-refractivity contribution in [3.8, 4) is 11.3 Å². The molecule has 0 atom stereocenters. The molecular formula is C12H11FN2S2. The van der Waals surface area contributed by atoms with Crippen LogP contribution in [0.5, 0.6) is 0 Å². The summed E-state index contributed by atoms with van der Waals surface area (Å²) in [5.41, 5.74) is 7.47. The number of hydrogen-bond acceptors (Lipinski definition) is 4. The lowest BCUT2D eigenvalue weighted by atomic mass is 10.2. The molecule has 1 heterocycles. The summed E-state index contributed by atoms with van der Waals surface area (Å²) in [4.78, 5) is 4.43. The Balaban J connectivity index is 2.29. The SMILES string of the molecule is C=CCSc1nc(-c2ccc(F)cc2)c(N)s1. The number of thioether (sulfide) groups is 1. The van der Waals surface area contributed by atoms with E-state index in [-0.39, 0.29) is 5.82 Å². The summed E-state index contributed by atoms with van der Waals surface area (Å²) >= 11 is 3.03. The minimum absolute atomic E-state index is 0.260. The van der Waals surface area contributed by atoms with Crippen molar-refractivity contribution in [2.24, 2.45) is 0 Å². The Morgan fingerprint density at radius 3 is 2.76 bits per heavy atom. The lowest BCUT2D eigenvalue weighted by Crippen LogP contribution is -1.86. The van der Waals surface area contributed by atoms with Gasteiger partial charge in [-0.3, -0.25) is 0 Å². The van der Waals surface area contributed by atoms with E-state index in [0.29, 0.717) is 5.00 Å². The number of nitrogens with zero attached hydrogens (tertiary/aromatic N) is 1. The number of nitrogens with two attached hydrogens (primary N) is 1. The first-order valence-corrected chi connectivity index (χ1v) is 6.77. The Labute approximate surface area is 107 Å². The Morgan fingerprint density at radius 2 is 2.12 bits per heavy atom. The van der Waals surface area contributed by atoms with Crippen molar-refractivity contribution < 1.29 is 4.39 Å². The first kappa shape index (κ1) is 12.1. The van der Waals surface area contributed by atoms with Crippen molar-refractivity contribution in [3.63, 3.8) is 0 Å². The molecule has 0 saturated carbocycles. The average molecular weight is 266 g/mol. The fraction of sp³-hybridized carbons (Fsp3) is 0.0833. The maximum absolute atomic E-state index is 12.8. The Morgan fingerprint density at radius 1 is 1.41 bits per heavy atom. The maximum atomic E-state index is 12.8. The minimum Gasteiger partial charge on any atom is -0.389 e. The second kappa shape index (κ2) is 5.33. The van der Waals surface area contributed by atoms with Crippen LogP contribution in [-0.4, -0.2) is 10.7 Å². The van der Waals surface area contributed by atoms with Gasteiger partial charge in [-0.05, 0) is 24.3 Å². The van der Waals surface area contributed by atoms with Gasteiger partial charge >= 0.3 is 0 Å². The quantitative estimate of drug-likeness (QED) is 0.675. The third-order valence-electron chi connectivity index (χ3n) is 2.08. The molecule has 1 aromatic carbocycles. The molecule has 2 rings (SSSR count). The van der Waals surface area contributed by atoms with E-state index in [2.05, 4.69) is 11.6 Å². The Kier molecular flexibility index (Phi) is 3.81. The molecule has 0 aliphatic carbocycles. The molecule has 0 saturated heterocycles. The largest absolute Gasteiger partial charge is 0.389 e. The molecule has 5 heteroatoms. The molecule has 1 aromatic heterocycles. The van der Waals surface area contributed by atoms with Crippen molar-refractivity contribution in [1.82, 2.24) is 4.98 Å². The van der Waals surface area contributed by atoms with Crippen LogP contribution in [0.3, 0.4) is 0 Å². The van der Waals surface area contributed by atoms with Crippen molar-refractivity contribution in [2.75, 3.05) is 11.5 Å². The van der Waals surface area contributed by atoms with Gasteiger partial charge in [0.15, 0.2) is 4.34 Å². The van der Waals surface area contributed by atoms with E-state index in [1.54, 1.807) is 23.9 Å². The predicted molar refractivity (Wildman–Crippen MR) is 72.8 cm³/mol. The summed E-state index contributed by atoms with van der Waals surface area (Å²) in [5, 5.41) is 0.656. The third kappa shape index (κ3) is 2.87. The van der Waals surface area contributed by atoms with Gasteiger partial charge in [0, 0.05) is 11.3 Å². The summed E-state index contributed by atoms with van der Waals surface area (Å²) in [7, 11) is 0. The van der Waals surface area contributed by atoms with Crippen LogP contribution in [-0.2, 0) is 0 Å². The summed E-state index contributed by atoms with van der Waals surface area (Å²) in [6.45, 7) is 3.66. The lowest BCUT2D eigenvalue weighted by Gasteiger charge is -1.97. The maximum Gasteiger partial charge on any atom is 0.152 e. The molecule has 0 aliphatic rings. The number of benzene rings is 1. The van der Waals surface area contributed by atoms with Gasteiger partial charge in [-0.2, -0.15) is 0 Å². The van der Waals surface area contributed by atoms with E-state index in [9.17, 15) is 4.39 Å². The molecule has 0 unspecified atom stereocenters. The highest BCUT2D eigenvalue weighted by molar-refractivity contribution is 8.01. The number of thiazole rings is 1. The minimum atomic E-state index is -0.260. The molecular weight excluding hydrogens is 255 g/mol. The first-order chi connectivity index (χ1) is 8.20. The second-order valence-corrected chi connectivity index (χ2v) is 5.60. The average Bonchev–Trinajstić information content (AvgIpc) is 2.69. The Bertz CT molecular complexity index is 520. The highest BCUT2D eigenvalue weighted by Gasteiger charge is 2.10. The summed E-state index contributed by atoms with van der Waals surface area (Å²) in [6, 6.07) is 6.18.